The molecule has 0 saturated heterocycles. The first-order chi connectivity index (χ1) is 8.49. The van der Waals surface area contributed by atoms with E-state index in [4.69, 9.17) is 0 Å². The van der Waals surface area contributed by atoms with Crippen LogP contribution in [0.3, 0.4) is 0 Å². The molecule has 0 unspecified atom stereocenters. The zero-order valence-electron chi connectivity index (χ0n) is 9.46. The van der Waals surface area contributed by atoms with E-state index in [9.17, 15) is 20.4 Å². The van der Waals surface area contributed by atoms with Crippen LogP contribution in [-0.2, 0) is 0 Å². The van der Waals surface area contributed by atoms with Crippen molar-refractivity contribution in [2.75, 3.05) is 0 Å². The van der Waals surface area contributed by atoms with Gasteiger partial charge in [-0.25, -0.2) is 0 Å². The first kappa shape index (κ1) is 11.9. The summed E-state index contributed by atoms with van der Waals surface area (Å²) in [5.74, 6) is -0.377. The van der Waals surface area contributed by atoms with E-state index in [1.165, 1.54) is 36.4 Å². The zero-order valence-corrected chi connectivity index (χ0v) is 9.46. The van der Waals surface area contributed by atoms with Crippen molar-refractivity contribution < 1.29 is 20.4 Å². The van der Waals surface area contributed by atoms with Crippen LogP contribution in [0.25, 0.3) is 5.57 Å². The molecule has 0 aliphatic heterocycles. The number of aromatic hydroxyl groups is 4. The van der Waals surface area contributed by atoms with Gasteiger partial charge in [0.15, 0.2) is 0 Å². The Bertz CT molecular complexity index is 564. The Labute approximate surface area is 104 Å². The van der Waals surface area contributed by atoms with Crippen molar-refractivity contribution in [1.29, 1.82) is 0 Å². The van der Waals surface area contributed by atoms with Crippen molar-refractivity contribution in [2.45, 2.75) is 0 Å². The highest BCUT2D eigenvalue weighted by molar-refractivity contribution is 5.84. The molecule has 0 amide bonds. The van der Waals surface area contributed by atoms with Crippen LogP contribution in [0.1, 0.15) is 11.1 Å². The van der Waals surface area contributed by atoms with Crippen LogP contribution in [0.15, 0.2) is 43.0 Å². The van der Waals surface area contributed by atoms with Gasteiger partial charge in [-0.15, -0.1) is 0 Å². The lowest BCUT2D eigenvalue weighted by Gasteiger charge is -2.10. The second-order valence-corrected chi connectivity index (χ2v) is 3.88. The van der Waals surface area contributed by atoms with Gasteiger partial charge in [-0.3, -0.25) is 0 Å². The van der Waals surface area contributed by atoms with Crippen LogP contribution in [-0.4, -0.2) is 20.4 Å². The van der Waals surface area contributed by atoms with E-state index in [1.54, 1.807) is 0 Å². The molecule has 2 aromatic carbocycles. The zero-order chi connectivity index (χ0) is 13.3. The van der Waals surface area contributed by atoms with Gasteiger partial charge in [0, 0.05) is 23.3 Å². The topological polar surface area (TPSA) is 80.9 Å². The minimum absolute atomic E-state index is 0.0565. The summed E-state index contributed by atoms with van der Waals surface area (Å²) in [7, 11) is 0. The highest BCUT2D eigenvalue weighted by Crippen LogP contribution is 2.36. The standard InChI is InChI=1S/C14H12O4/c1-8(11-4-2-9(15)6-13(11)17)12-5-3-10(16)7-14(12)18/h2-7,15-18H,1H2. The average molecular weight is 244 g/mol. The van der Waals surface area contributed by atoms with Gasteiger partial charge in [-0.2, -0.15) is 0 Å². The lowest BCUT2D eigenvalue weighted by atomic mass is 9.97. The highest BCUT2D eigenvalue weighted by atomic mass is 16.3. The Balaban J connectivity index is 2.48. The van der Waals surface area contributed by atoms with E-state index in [2.05, 4.69) is 6.58 Å². The second-order valence-electron chi connectivity index (χ2n) is 3.88. The van der Waals surface area contributed by atoms with Crippen LogP contribution in [0, 0.1) is 0 Å². The van der Waals surface area contributed by atoms with Crippen molar-refractivity contribution in [3.8, 4) is 23.0 Å². The summed E-state index contributed by atoms with van der Waals surface area (Å²) in [6.45, 7) is 3.79. The second kappa shape index (κ2) is 4.33. The van der Waals surface area contributed by atoms with Gasteiger partial charge >= 0.3 is 0 Å². The fourth-order valence-electron chi connectivity index (χ4n) is 1.70. The van der Waals surface area contributed by atoms with Crippen LogP contribution in [0.4, 0.5) is 0 Å². The van der Waals surface area contributed by atoms with Gasteiger partial charge in [0.2, 0.25) is 0 Å². The number of benzene rings is 2. The normalized spacial score (nSPS) is 10.2. The van der Waals surface area contributed by atoms with Crippen LogP contribution >= 0.6 is 0 Å². The molecule has 92 valence electrons. The monoisotopic (exact) mass is 244 g/mol. The number of phenolic OH excluding ortho intramolecular Hbond substituents is 4. The summed E-state index contributed by atoms with van der Waals surface area (Å²) < 4.78 is 0. The molecular weight excluding hydrogens is 232 g/mol. The third-order valence-corrected chi connectivity index (χ3v) is 2.61. The molecule has 0 radical (unpaired) electrons. The molecular formula is C14H12O4. The smallest absolute Gasteiger partial charge is 0.127 e. The molecule has 0 aliphatic carbocycles. The number of rotatable bonds is 2. The SMILES string of the molecule is C=C(c1ccc(O)cc1O)c1ccc(O)cc1O. The maximum absolute atomic E-state index is 9.72. The van der Waals surface area contributed by atoms with E-state index >= 15 is 0 Å². The predicted octanol–water partition coefficient (Wildman–Crippen LogP) is 2.57. The summed E-state index contributed by atoms with van der Waals surface area (Å²) in [5, 5.41) is 37.9. The van der Waals surface area contributed by atoms with E-state index in [0.29, 0.717) is 16.7 Å². The minimum Gasteiger partial charge on any atom is -0.508 e. The number of hydrogen-bond donors (Lipinski definition) is 4. The molecule has 2 rings (SSSR count). The fraction of sp³-hybridized carbons (Fsp3) is 0. The molecule has 0 fully saturated rings. The molecule has 0 spiro atoms. The highest BCUT2D eigenvalue weighted by Gasteiger charge is 2.12. The first-order valence-electron chi connectivity index (χ1n) is 5.22. The maximum atomic E-state index is 9.72. The quantitative estimate of drug-likeness (QED) is 0.654. The van der Waals surface area contributed by atoms with Gasteiger partial charge in [0.25, 0.3) is 0 Å². The van der Waals surface area contributed by atoms with Gasteiger partial charge < -0.3 is 20.4 Å². The van der Waals surface area contributed by atoms with Gasteiger partial charge in [0.05, 0.1) is 0 Å². The lowest BCUT2D eigenvalue weighted by molar-refractivity contribution is 0.448. The van der Waals surface area contributed by atoms with Crippen molar-refractivity contribution in [1.82, 2.24) is 0 Å². The summed E-state index contributed by atoms with van der Waals surface area (Å²) >= 11 is 0. The van der Waals surface area contributed by atoms with Gasteiger partial charge in [-0.1, -0.05) is 6.58 Å². The van der Waals surface area contributed by atoms with E-state index < -0.39 is 0 Å². The number of hydrogen-bond acceptors (Lipinski definition) is 4. The first-order valence-corrected chi connectivity index (χ1v) is 5.22. The fourth-order valence-corrected chi connectivity index (χ4v) is 1.70. The molecule has 4 heteroatoms. The summed E-state index contributed by atoms with van der Waals surface area (Å²) in [6.07, 6.45) is 0. The van der Waals surface area contributed by atoms with E-state index in [1.807, 2.05) is 0 Å². The third-order valence-electron chi connectivity index (χ3n) is 2.61. The van der Waals surface area contributed by atoms with Crippen LogP contribution in [0.2, 0.25) is 0 Å². The van der Waals surface area contributed by atoms with E-state index in [0.717, 1.165) is 0 Å². The molecule has 2 aromatic rings. The summed E-state index contributed by atoms with van der Waals surface area (Å²) in [4.78, 5) is 0. The Morgan fingerprint density at radius 2 is 1.11 bits per heavy atom. The molecule has 4 nitrogen and oxygen atoms in total. The molecule has 0 atom stereocenters. The van der Waals surface area contributed by atoms with Crippen molar-refractivity contribution in [3.05, 3.63) is 54.1 Å². The maximum Gasteiger partial charge on any atom is 0.127 e. The van der Waals surface area contributed by atoms with E-state index in [-0.39, 0.29) is 23.0 Å². The molecule has 0 bridgehead atoms. The number of phenols is 4. The molecule has 18 heavy (non-hydrogen) atoms. The predicted molar refractivity (Wildman–Crippen MR) is 67.7 cm³/mol. The molecule has 0 saturated carbocycles. The Hall–Kier alpha value is -2.62. The Morgan fingerprint density at radius 1 is 0.722 bits per heavy atom. The van der Waals surface area contributed by atoms with Crippen LogP contribution < -0.4 is 0 Å². The summed E-state index contributed by atoms with van der Waals surface area (Å²) in [6, 6.07) is 8.21. The molecule has 0 heterocycles. The Morgan fingerprint density at radius 3 is 1.44 bits per heavy atom. The van der Waals surface area contributed by atoms with Crippen LogP contribution in [0.5, 0.6) is 23.0 Å². The summed E-state index contributed by atoms with van der Waals surface area (Å²) in [5.41, 5.74) is 1.19. The van der Waals surface area contributed by atoms with Crippen molar-refractivity contribution >= 4 is 5.57 Å². The molecule has 0 aromatic heterocycles. The molecule has 4 N–H and O–H groups in total. The van der Waals surface area contributed by atoms with Crippen molar-refractivity contribution in [2.24, 2.45) is 0 Å². The Kier molecular flexibility index (Phi) is 2.85. The average Bonchev–Trinajstić information content (AvgIpc) is 2.28. The van der Waals surface area contributed by atoms with Crippen molar-refractivity contribution in [3.63, 3.8) is 0 Å². The third kappa shape index (κ3) is 2.08. The largest absolute Gasteiger partial charge is 0.508 e. The minimum atomic E-state index is -0.132. The van der Waals surface area contributed by atoms with Gasteiger partial charge in [0.1, 0.15) is 23.0 Å². The molecule has 0 aliphatic rings. The lowest BCUT2D eigenvalue weighted by Crippen LogP contribution is -1.88. The van der Waals surface area contributed by atoms with Gasteiger partial charge in [-0.05, 0) is 29.8 Å².